The van der Waals surface area contributed by atoms with Gasteiger partial charge < -0.3 is 27.7 Å². The lowest BCUT2D eigenvalue weighted by molar-refractivity contribution is -0.162. The summed E-state index contributed by atoms with van der Waals surface area (Å²) in [4.78, 5) is 34.1. The van der Waals surface area contributed by atoms with Gasteiger partial charge in [0.05, 0.1) is 20.3 Å². The van der Waals surface area contributed by atoms with Crippen LogP contribution in [0.2, 0.25) is 0 Å². The lowest BCUT2D eigenvalue weighted by Crippen LogP contribution is -2.36. The van der Waals surface area contributed by atoms with Crippen molar-refractivity contribution in [2.45, 2.75) is 26.1 Å². The van der Waals surface area contributed by atoms with Crippen LogP contribution in [0.1, 0.15) is 20.8 Å². The summed E-state index contributed by atoms with van der Waals surface area (Å²) in [7, 11) is -4.95. The summed E-state index contributed by atoms with van der Waals surface area (Å²) in [5.41, 5.74) is 0. The van der Waals surface area contributed by atoms with Gasteiger partial charge >= 0.3 is 32.8 Å². The Morgan fingerprint density at radius 2 is 1.77 bits per heavy atom. The summed E-state index contributed by atoms with van der Waals surface area (Å²) < 4.78 is 41.0. The van der Waals surface area contributed by atoms with Crippen LogP contribution in [-0.4, -0.2) is 50.9 Å². The Morgan fingerprint density at radius 1 is 1.23 bits per heavy atom. The Hall–Kier alpha value is -1.42. The number of rotatable bonds is 6. The molecule has 0 N–H and O–H groups in total. The molecular formula is C10H16BO10P. The molecule has 0 aromatic rings. The first kappa shape index (κ1) is 18.6. The molecule has 0 amide bonds. The van der Waals surface area contributed by atoms with E-state index in [1.165, 1.54) is 0 Å². The summed E-state index contributed by atoms with van der Waals surface area (Å²) >= 11 is 0. The van der Waals surface area contributed by atoms with Gasteiger partial charge in [-0.05, 0) is 20.8 Å². The fourth-order valence-corrected chi connectivity index (χ4v) is 3.26. The molecule has 0 aromatic heterocycles. The fraction of sp³-hybridized carbons (Fsp3) is 0.700. The van der Waals surface area contributed by atoms with E-state index in [1.54, 1.807) is 13.8 Å². The normalized spacial score (nSPS) is 21.5. The van der Waals surface area contributed by atoms with Gasteiger partial charge in [0, 0.05) is 0 Å². The number of carbonyl (C=O) groups is 3. The molecule has 0 bridgehead atoms. The van der Waals surface area contributed by atoms with Crippen LogP contribution in [0.4, 0.5) is 0 Å². The highest BCUT2D eigenvalue weighted by Gasteiger charge is 2.65. The van der Waals surface area contributed by atoms with Crippen molar-refractivity contribution >= 4 is 32.8 Å². The van der Waals surface area contributed by atoms with E-state index in [2.05, 4.69) is 14.0 Å². The van der Waals surface area contributed by atoms with E-state index in [0.29, 0.717) is 0 Å². The van der Waals surface area contributed by atoms with Gasteiger partial charge in [-0.2, -0.15) is 0 Å². The van der Waals surface area contributed by atoms with Gasteiger partial charge in [0.25, 0.3) is 5.34 Å². The molecule has 0 aromatic carbocycles. The fourth-order valence-electron chi connectivity index (χ4n) is 1.52. The van der Waals surface area contributed by atoms with Crippen molar-refractivity contribution in [1.82, 2.24) is 0 Å². The van der Waals surface area contributed by atoms with Gasteiger partial charge in [-0.15, -0.1) is 0 Å². The molecule has 0 radical (unpaired) electrons. The van der Waals surface area contributed by atoms with Gasteiger partial charge in [0.15, 0.2) is 0 Å². The number of hydrogen-bond donors (Lipinski definition) is 0. The van der Waals surface area contributed by atoms with E-state index in [4.69, 9.17) is 13.7 Å². The second-order valence-electron chi connectivity index (χ2n) is 4.02. The minimum absolute atomic E-state index is 0.0177. The molecule has 1 saturated heterocycles. The summed E-state index contributed by atoms with van der Waals surface area (Å²) in [6.07, 6.45) is 0. The zero-order chi connectivity index (χ0) is 17.0. The van der Waals surface area contributed by atoms with Gasteiger partial charge in [-0.3, -0.25) is 4.57 Å². The number of esters is 1. The second kappa shape index (κ2) is 7.23. The number of methoxy groups -OCH3 is 1. The maximum Gasteiger partial charge on any atom is 0.793 e. The third kappa shape index (κ3) is 3.49. The zero-order valence-electron chi connectivity index (χ0n) is 12.5. The highest BCUT2D eigenvalue weighted by atomic mass is 31.2. The Morgan fingerprint density at radius 3 is 2.23 bits per heavy atom. The SMILES string of the molecule is CCOP(=O)(OCC)C1(C)OB(OC(=O)C(=O)OC)OC1=O. The minimum Gasteiger partial charge on any atom is -0.471 e. The van der Waals surface area contributed by atoms with E-state index in [1.807, 2.05) is 0 Å². The third-order valence-corrected chi connectivity index (χ3v) is 5.11. The summed E-state index contributed by atoms with van der Waals surface area (Å²) in [5, 5.41) is -2.12. The summed E-state index contributed by atoms with van der Waals surface area (Å²) in [6.45, 7) is 4.17. The monoisotopic (exact) mass is 338 g/mol. The molecule has 1 rings (SSSR count). The van der Waals surface area contributed by atoms with E-state index < -0.39 is 38.2 Å². The minimum atomic E-state index is -4.05. The van der Waals surface area contributed by atoms with Gasteiger partial charge in [-0.25, -0.2) is 14.4 Å². The highest BCUT2D eigenvalue weighted by molar-refractivity contribution is 7.56. The zero-order valence-corrected chi connectivity index (χ0v) is 13.4. The molecule has 1 aliphatic heterocycles. The van der Waals surface area contributed by atoms with E-state index in [9.17, 15) is 18.9 Å². The van der Waals surface area contributed by atoms with Crippen molar-refractivity contribution in [3.8, 4) is 0 Å². The maximum atomic E-state index is 12.7. The topological polar surface area (TPSA) is 124 Å². The molecular weight excluding hydrogens is 322 g/mol. The van der Waals surface area contributed by atoms with Crippen LogP contribution in [0.3, 0.4) is 0 Å². The molecule has 1 unspecified atom stereocenters. The Kier molecular flexibility index (Phi) is 6.12. The standard InChI is InChI=1S/C10H16BO10P/c1-5-17-22(15,18-6-2)10(3)9(14)20-11(21-10)19-8(13)7(12)16-4/h5-6H2,1-4H3. The average Bonchev–Trinajstić information content (AvgIpc) is 2.74. The molecule has 1 atom stereocenters. The van der Waals surface area contributed by atoms with Crippen molar-refractivity contribution in [2.75, 3.05) is 20.3 Å². The van der Waals surface area contributed by atoms with Crippen molar-refractivity contribution in [2.24, 2.45) is 0 Å². The first-order chi connectivity index (χ1) is 10.2. The number of hydrogen-bond acceptors (Lipinski definition) is 10. The average molecular weight is 338 g/mol. The molecule has 0 spiro atoms. The largest absolute Gasteiger partial charge is 0.793 e. The quantitative estimate of drug-likeness (QED) is 0.288. The van der Waals surface area contributed by atoms with Crippen LogP contribution in [-0.2, 0) is 46.7 Å². The van der Waals surface area contributed by atoms with Crippen LogP contribution in [0, 0.1) is 0 Å². The maximum absolute atomic E-state index is 12.7. The molecule has 22 heavy (non-hydrogen) atoms. The predicted octanol–water partition coefficient (Wildman–Crippen LogP) is 0.243. The van der Waals surface area contributed by atoms with Gasteiger partial charge in [0.2, 0.25) is 0 Å². The molecule has 124 valence electrons. The van der Waals surface area contributed by atoms with Crippen LogP contribution >= 0.6 is 7.60 Å². The molecule has 1 aliphatic rings. The van der Waals surface area contributed by atoms with E-state index in [0.717, 1.165) is 14.0 Å². The van der Waals surface area contributed by atoms with Crippen LogP contribution in [0.15, 0.2) is 0 Å². The Labute approximate surface area is 127 Å². The van der Waals surface area contributed by atoms with Crippen molar-refractivity contribution < 1.29 is 46.7 Å². The Balaban J connectivity index is 2.92. The molecule has 12 heteroatoms. The molecule has 0 saturated carbocycles. The smallest absolute Gasteiger partial charge is 0.471 e. The van der Waals surface area contributed by atoms with E-state index >= 15 is 0 Å². The van der Waals surface area contributed by atoms with Crippen molar-refractivity contribution in [3.63, 3.8) is 0 Å². The van der Waals surface area contributed by atoms with Crippen LogP contribution in [0.25, 0.3) is 0 Å². The van der Waals surface area contributed by atoms with Crippen molar-refractivity contribution in [1.29, 1.82) is 0 Å². The number of ether oxygens (including phenoxy) is 1. The second-order valence-corrected chi connectivity index (χ2v) is 6.39. The van der Waals surface area contributed by atoms with E-state index in [-0.39, 0.29) is 13.2 Å². The van der Waals surface area contributed by atoms with Crippen LogP contribution < -0.4 is 0 Å². The van der Waals surface area contributed by atoms with Crippen molar-refractivity contribution in [3.05, 3.63) is 0 Å². The van der Waals surface area contributed by atoms with Crippen LogP contribution in [0.5, 0.6) is 0 Å². The predicted molar refractivity (Wildman–Crippen MR) is 70.3 cm³/mol. The summed E-state index contributed by atoms with van der Waals surface area (Å²) in [6, 6.07) is 0. The summed E-state index contributed by atoms with van der Waals surface area (Å²) in [5.74, 6) is -3.86. The van der Waals surface area contributed by atoms with Gasteiger partial charge in [0.1, 0.15) is 0 Å². The molecule has 0 aliphatic carbocycles. The third-order valence-electron chi connectivity index (χ3n) is 2.58. The molecule has 10 nitrogen and oxygen atoms in total. The first-order valence-corrected chi connectivity index (χ1v) is 7.85. The Bertz CT molecular complexity index is 498. The first-order valence-electron chi connectivity index (χ1n) is 6.31. The lowest BCUT2D eigenvalue weighted by atomic mass is 10.2. The lowest BCUT2D eigenvalue weighted by Gasteiger charge is -2.28. The molecule has 1 heterocycles. The molecule has 1 fully saturated rings. The number of carbonyl (C=O) groups excluding carboxylic acids is 3. The van der Waals surface area contributed by atoms with Gasteiger partial charge in [-0.1, -0.05) is 0 Å². The highest BCUT2D eigenvalue weighted by Crippen LogP contribution is 2.62.